The summed E-state index contributed by atoms with van der Waals surface area (Å²) in [7, 11) is 0. The van der Waals surface area contributed by atoms with E-state index >= 15 is 0 Å². The fourth-order valence-electron chi connectivity index (χ4n) is 1.01. The number of aromatic amines is 1. The molecule has 0 radical (unpaired) electrons. The Labute approximate surface area is 82.1 Å². The van der Waals surface area contributed by atoms with Crippen molar-refractivity contribution < 1.29 is 4.39 Å². The molecule has 0 fully saturated rings. The van der Waals surface area contributed by atoms with Crippen LogP contribution in [-0.4, -0.2) is 15.2 Å². The van der Waals surface area contributed by atoms with Crippen LogP contribution in [0.3, 0.4) is 0 Å². The van der Waals surface area contributed by atoms with Gasteiger partial charge in [0.1, 0.15) is 11.4 Å². The van der Waals surface area contributed by atoms with Crippen LogP contribution in [0.5, 0.6) is 0 Å². The smallest absolute Gasteiger partial charge is 0.151 e. The highest BCUT2D eigenvalue weighted by Gasteiger charge is 2.10. The zero-order valence-corrected chi connectivity index (χ0v) is 8.05. The van der Waals surface area contributed by atoms with Crippen molar-refractivity contribution in [3.63, 3.8) is 0 Å². The maximum absolute atomic E-state index is 13.2. The van der Waals surface area contributed by atoms with Crippen molar-refractivity contribution >= 4 is 15.9 Å². The van der Waals surface area contributed by atoms with Gasteiger partial charge in [0, 0.05) is 6.20 Å². The first-order valence-corrected chi connectivity index (χ1v) is 4.38. The van der Waals surface area contributed by atoms with Crippen molar-refractivity contribution in [3.8, 4) is 11.4 Å². The Hall–Kier alpha value is -1.23. The molecular formula is C8H5BrFN3. The van der Waals surface area contributed by atoms with E-state index in [-0.39, 0.29) is 11.5 Å². The van der Waals surface area contributed by atoms with Gasteiger partial charge >= 0.3 is 0 Å². The van der Waals surface area contributed by atoms with Crippen LogP contribution in [0.4, 0.5) is 4.39 Å². The van der Waals surface area contributed by atoms with E-state index in [1.165, 1.54) is 12.3 Å². The molecule has 2 heterocycles. The average molecular weight is 242 g/mol. The summed E-state index contributed by atoms with van der Waals surface area (Å²) in [5.74, 6) is -0.368. The summed E-state index contributed by atoms with van der Waals surface area (Å²) in [5, 5.41) is 6.42. The molecule has 0 amide bonds. The molecule has 0 bridgehead atoms. The standard InChI is InChI=1S/C8H5BrFN3/c9-5-4-12-13-7(5)8-6(10)2-1-3-11-8/h1-4H,(H,12,13). The lowest BCUT2D eigenvalue weighted by Gasteiger charge is -1.97. The minimum atomic E-state index is -0.368. The van der Waals surface area contributed by atoms with Crippen LogP contribution in [0.2, 0.25) is 0 Å². The average Bonchev–Trinajstić information content (AvgIpc) is 2.52. The van der Waals surface area contributed by atoms with Gasteiger partial charge in [-0.05, 0) is 28.1 Å². The van der Waals surface area contributed by atoms with Crippen LogP contribution < -0.4 is 0 Å². The maximum atomic E-state index is 13.2. The highest BCUT2D eigenvalue weighted by Crippen LogP contribution is 2.25. The normalized spacial score (nSPS) is 10.3. The molecule has 2 aromatic heterocycles. The van der Waals surface area contributed by atoms with Crippen molar-refractivity contribution in [2.24, 2.45) is 0 Å². The van der Waals surface area contributed by atoms with Crippen LogP contribution >= 0.6 is 15.9 Å². The summed E-state index contributed by atoms with van der Waals surface area (Å²) < 4.78 is 13.9. The first-order valence-electron chi connectivity index (χ1n) is 3.59. The van der Waals surface area contributed by atoms with E-state index in [4.69, 9.17) is 0 Å². The second kappa shape index (κ2) is 3.26. The molecule has 3 nitrogen and oxygen atoms in total. The molecule has 13 heavy (non-hydrogen) atoms. The van der Waals surface area contributed by atoms with Gasteiger partial charge in [-0.15, -0.1) is 0 Å². The molecule has 0 spiro atoms. The number of nitrogens with zero attached hydrogens (tertiary/aromatic N) is 2. The third-order valence-electron chi connectivity index (χ3n) is 1.59. The number of H-pyrrole nitrogens is 1. The van der Waals surface area contributed by atoms with Gasteiger partial charge in [-0.25, -0.2) is 4.39 Å². The van der Waals surface area contributed by atoms with Gasteiger partial charge in [0.15, 0.2) is 5.82 Å². The molecule has 1 N–H and O–H groups in total. The van der Waals surface area contributed by atoms with Gasteiger partial charge in [0.25, 0.3) is 0 Å². The van der Waals surface area contributed by atoms with E-state index in [0.29, 0.717) is 10.2 Å². The van der Waals surface area contributed by atoms with E-state index in [0.717, 1.165) is 0 Å². The fraction of sp³-hybridized carbons (Fsp3) is 0. The summed E-state index contributed by atoms with van der Waals surface area (Å²) >= 11 is 3.24. The molecule has 0 atom stereocenters. The Morgan fingerprint density at radius 2 is 2.31 bits per heavy atom. The van der Waals surface area contributed by atoms with Crippen molar-refractivity contribution in [2.75, 3.05) is 0 Å². The Kier molecular flexibility index (Phi) is 2.10. The first kappa shape index (κ1) is 8.37. The van der Waals surface area contributed by atoms with Crippen molar-refractivity contribution in [2.45, 2.75) is 0 Å². The number of rotatable bonds is 1. The number of nitrogens with one attached hydrogen (secondary N) is 1. The Morgan fingerprint density at radius 1 is 1.46 bits per heavy atom. The second-order valence-corrected chi connectivity index (χ2v) is 3.28. The lowest BCUT2D eigenvalue weighted by atomic mass is 10.2. The molecule has 2 aromatic rings. The summed E-state index contributed by atoms with van der Waals surface area (Å²) in [4.78, 5) is 3.91. The van der Waals surface area contributed by atoms with Gasteiger partial charge in [0.2, 0.25) is 0 Å². The lowest BCUT2D eigenvalue weighted by molar-refractivity contribution is 0.625. The minimum absolute atomic E-state index is 0.270. The monoisotopic (exact) mass is 241 g/mol. The van der Waals surface area contributed by atoms with E-state index < -0.39 is 0 Å². The van der Waals surface area contributed by atoms with Crippen molar-refractivity contribution in [3.05, 3.63) is 34.8 Å². The van der Waals surface area contributed by atoms with Crippen molar-refractivity contribution in [1.82, 2.24) is 15.2 Å². The molecule has 0 aliphatic heterocycles. The predicted molar refractivity (Wildman–Crippen MR) is 49.5 cm³/mol. The Bertz CT molecular complexity index is 427. The summed E-state index contributed by atoms with van der Waals surface area (Å²) in [6.45, 7) is 0. The summed E-state index contributed by atoms with van der Waals surface area (Å²) in [5.41, 5.74) is 0.824. The van der Waals surface area contributed by atoms with Gasteiger partial charge in [-0.3, -0.25) is 10.1 Å². The minimum Gasteiger partial charge on any atom is -0.275 e. The zero-order valence-electron chi connectivity index (χ0n) is 6.46. The molecule has 5 heteroatoms. The van der Waals surface area contributed by atoms with Crippen LogP contribution in [-0.2, 0) is 0 Å². The zero-order chi connectivity index (χ0) is 9.26. The highest BCUT2D eigenvalue weighted by atomic mass is 79.9. The van der Waals surface area contributed by atoms with E-state index in [1.807, 2.05) is 0 Å². The topological polar surface area (TPSA) is 41.6 Å². The molecule has 0 unspecified atom stereocenters. The fourth-order valence-corrected chi connectivity index (χ4v) is 1.39. The van der Waals surface area contributed by atoms with E-state index in [2.05, 4.69) is 31.1 Å². The number of hydrogen-bond donors (Lipinski definition) is 1. The lowest BCUT2D eigenvalue weighted by Crippen LogP contribution is -1.88. The third kappa shape index (κ3) is 1.47. The van der Waals surface area contributed by atoms with Crippen LogP contribution in [0, 0.1) is 5.82 Å². The number of aromatic nitrogens is 3. The van der Waals surface area contributed by atoms with E-state index in [9.17, 15) is 4.39 Å². The molecule has 0 saturated heterocycles. The highest BCUT2D eigenvalue weighted by molar-refractivity contribution is 9.10. The third-order valence-corrected chi connectivity index (χ3v) is 2.19. The second-order valence-electron chi connectivity index (χ2n) is 2.43. The quantitative estimate of drug-likeness (QED) is 0.833. The SMILES string of the molecule is Fc1cccnc1-c1[nH]ncc1Br. The van der Waals surface area contributed by atoms with Crippen LogP contribution in [0.25, 0.3) is 11.4 Å². The molecule has 0 aromatic carbocycles. The van der Waals surface area contributed by atoms with Gasteiger partial charge in [0.05, 0.1) is 10.7 Å². The first-order chi connectivity index (χ1) is 6.29. The number of halogens is 2. The van der Waals surface area contributed by atoms with Gasteiger partial charge < -0.3 is 0 Å². The van der Waals surface area contributed by atoms with Crippen LogP contribution in [0.1, 0.15) is 0 Å². The predicted octanol–water partition coefficient (Wildman–Crippen LogP) is 2.37. The molecule has 0 saturated carbocycles. The molecule has 66 valence electrons. The van der Waals surface area contributed by atoms with Gasteiger partial charge in [-0.1, -0.05) is 0 Å². The summed E-state index contributed by atoms with van der Waals surface area (Å²) in [6, 6.07) is 2.90. The summed E-state index contributed by atoms with van der Waals surface area (Å²) in [6.07, 6.45) is 3.09. The van der Waals surface area contributed by atoms with E-state index in [1.54, 1.807) is 12.3 Å². The number of pyridine rings is 1. The molecule has 0 aliphatic carbocycles. The maximum Gasteiger partial charge on any atom is 0.151 e. The largest absolute Gasteiger partial charge is 0.275 e. The molecule has 2 rings (SSSR count). The van der Waals surface area contributed by atoms with Crippen molar-refractivity contribution in [1.29, 1.82) is 0 Å². The Balaban J connectivity index is 2.59. The molecule has 0 aliphatic rings. The Morgan fingerprint density at radius 3 is 2.92 bits per heavy atom. The number of hydrogen-bond acceptors (Lipinski definition) is 2. The molecular weight excluding hydrogens is 237 g/mol. The van der Waals surface area contributed by atoms with Crippen LogP contribution in [0.15, 0.2) is 29.0 Å². The van der Waals surface area contributed by atoms with Gasteiger partial charge in [-0.2, -0.15) is 5.10 Å².